The van der Waals surface area contributed by atoms with Gasteiger partial charge in [0.1, 0.15) is 5.75 Å². The minimum atomic E-state index is -0.862. The molecule has 0 aliphatic carbocycles. The van der Waals surface area contributed by atoms with Crippen molar-refractivity contribution in [3.05, 3.63) is 41.5 Å². The molecule has 0 saturated heterocycles. The zero-order valence-electron chi connectivity index (χ0n) is 9.81. The molecule has 0 saturated carbocycles. The number of carboxylic acid groups (broad SMARTS) is 1. The predicted molar refractivity (Wildman–Crippen MR) is 65.8 cm³/mol. The number of carbonyl (C=O) groups is 1. The van der Waals surface area contributed by atoms with E-state index in [2.05, 4.69) is 5.32 Å². The van der Waals surface area contributed by atoms with Crippen molar-refractivity contribution < 1.29 is 15.0 Å². The highest BCUT2D eigenvalue weighted by Crippen LogP contribution is 2.09. The molecule has 0 radical (unpaired) electrons. The van der Waals surface area contributed by atoms with E-state index >= 15 is 0 Å². The first-order valence-electron chi connectivity index (χ1n) is 5.54. The maximum absolute atomic E-state index is 10.7. The molecule has 0 aliphatic rings. The van der Waals surface area contributed by atoms with Crippen LogP contribution in [0.1, 0.15) is 18.9 Å². The van der Waals surface area contributed by atoms with Gasteiger partial charge in [-0.05, 0) is 24.1 Å². The second kappa shape index (κ2) is 6.70. The molecule has 0 bridgehead atoms. The minimum absolute atomic E-state index is 0.243. The molecule has 4 heteroatoms. The normalized spacial score (nSPS) is 11.5. The molecule has 17 heavy (non-hydrogen) atoms. The molecule has 0 aromatic heterocycles. The number of nitrogens with one attached hydrogen (secondary N) is 1. The van der Waals surface area contributed by atoms with Crippen molar-refractivity contribution >= 4 is 5.97 Å². The van der Waals surface area contributed by atoms with Gasteiger partial charge < -0.3 is 15.5 Å². The number of carboxylic acids is 1. The third-order valence-electron chi connectivity index (χ3n) is 2.41. The fourth-order valence-electron chi connectivity index (χ4n) is 1.41. The van der Waals surface area contributed by atoms with Crippen LogP contribution in [0.4, 0.5) is 0 Å². The van der Waals surface area contributed by atoms with Gasteiger partial charge in [-0.3, -0.25) is 0 Å². The van der Waals surface area contributed by atoms with Crippen molar-refractivity contribution in [2.75, 3.05) is 6.54 Å². The van der Waals surface area contributed by atoms with E-state index in [-0.39, 0.29) is 5.75 Å². The van der Waals surface area contributed by atoms with E-state index in [0.29, 0.717) is 25.1 Å². The van der Waals surface area contributed by atoms with Gasteiger partial charge in [0.15, 0.2) is 0 Å². The number of phenols is 1. The van der Waals surface area contributed by atoms with Crippen molar-refractivity contribution in [3.8, 4) is 5.75 Å². The molecule has 0 fully saturated rings. The fourth-order valence-corrected chi connectivity index (χ4v) is 1.41. The van der Waals surface area contributed by atoms with Gasteiger partial charge in [-0.1, -0.05) is 25.1 Å². The standard InChI is InChI=1S/C13H17NO3/c1-2-11(13(16)17)7-8-14-9-10-3-5-12(15)6-4-10/h3-7,14-15H,2,8-9H2,1H3,(H,16,17)/b11-7-. The largest absolute Gasteiger partial charge is 0.508 e. The van der Waals surface area contributed by atoms with Crippen molar-refractivity contribution in [1.82, 2.24) is 5.32 Å². The predicted octanol–water partition coefficient (Wildman–Crippen LogP) is 1.90. The molecular weight excluding hydrogens is 218 g/mol. The molecule has 0 amide bonds. The summed E-state index contributed by atoms with van der Waals surface area (Å²) >= 11 is 0. The van der Waals surface area contributed by atoms with Gasteiger partial charge in [-0.25, -0.2) is 4.79 Å². The number of rotatable bonds is 6. The molecule has 4 nitrogen and oxygen atoms in total. The lowest BCUT2D eigenvalue weighted by Crippen LogP contribution is -2.14. The van der Waals surface area contributed by atoms with E-state index in [1.165, 1.54) is 0 Å². The summed E-state index contributed by atoms with van der Waals surface area (Å²) in [6, 6.07) is 6.90. The molecule has 0 unspecified atom stereocenters. The van der Waals surface area contributed by atoms with Gasteiger partial charge in [-0.15, -0.1) is 0 Å². The van der Waals surface area contributed by atoms with Crippen LogP contribution in [0, 0.1) is 0 Å². The van der Waals surface area contributed by atoms with Gasteiger partial charge in [0.05, 0.1) is 0 Å². The van der Waals surface area contributed by atoms with Crippen LogP contribution in [0.3, 0.4) is 0 Å². The Hall–Kier alpha value is -1.81. The van der Waals surface area contributed by atoms with Gasteiger partial charge >= 0.3 is 5.97 Å². The minimum Gasteiger partial charge on any atom is -0.508 e. The smallest absolute Gasteiger partial charge is 0.331 e. The van der Waals surface area contributed by atoms with Crippen LogP contribution < -0.4 is 5.32 Å². The molecule has 0 heterocycles. The molecule has 0 aliphatic heterocycles. The molecule has 1 aromatic rings. The van der Waals surface area contributed by atoms with Crippen molar-refractivity contribution in [3.63, 3.8) is 0 Å². The third kappa shape index (κ3) is 4.70. The Balaban J connectivity index is 2.37. The van der Waals surface area contributed by atoms with Crippen molar-refractivity contribution in [1.29, 1.82) is 0 Å². The lowest BCUT2D eigenvalue weighted by molar-refractivity contribution is -0.132. The molecule has 1 rings (SSSR count). The molecular formula is C13H17NO3. The highest BCUT2D eigenvalue weighted by Gasteiger charge is 2.02. The average molecular weight is 235 g/mol. The number of aliphatic carboxylic acids is 1. The zero-order valence-corrected chi connectivity index (χ0v) is 9.81. The highest BCUT2D eigenvalue weighted by atomic mass is 16.4. The molecule has 92 valence electrons. The Labute approximate surface area is 101 Å². The summed E-state index contributed by atoms with van der Waals surface area (Å²) in [6.07, 6.45) is 2.21. The van der Waals surface area contributed by atoms with Crippen LogP contribution in [-0.2, 0) is 11.3 Å². The molecule has 0 spiro atoms. The Kier molecular flexibility index (Phi) is 5.23. The van der Waals surface area contributed by atoms with Gasteiger partial charge in [0, 0.05) is 18.7 Å². The van der Waals surface area contributed by atoms with Gasteiger partial charge in [-0.2, -0.15) is 0 Å². The Bertz CT molecular complexity index is 396. The van der Waals surface area contributed by atoms with Crippen LogP contribution in [0.2, 0.25) is 0 Å². The molecule has 1 aromatic carbocycles. The Morgan fingerprint density at radius 2 is 2.00 bits per heavy atom. The van der Waals surface area contributed by atoms with E-state index in [0.717, 1.165) is 5.56 Å². The first-order chi connectivity index (χ1) is 8.13. The van der Waals surface area contributed by atoms with E-state index in [9.17, 15) is 4.79 Å². The second-order valence-corrected chi connectivity index (χ2v) is 3.69. The maximum Gasteiger partial charge on any atom is 0.331 e. The summed E-state index contributed by atoms with van der Waals surface area (Å²) in [5.74, 6) is -0.619. The zero-order chi connectivity index (χ0) is 12.7. The summed E-state index contributed by atoms with van der Waals surface area (Å²) in [6.45, 7) is 2.99. The number of hydrogen-bond donors (Lipinski definition) is 3. The first-order valence-corrected chi connectivity index (χ1v) is 5.54. The summed E-state index contributed by atoms with van der Waals surface area (Å²) in [4.78, 5) is 10.7. The summed E-state index contributed by atoms with van der Waals surface area (Å²) in [7, 11) is 0. The first kappa shape index (κ1) is 13.3. The number of phenolic OH excluding ortho intramolecular Hbond substituents is 1. The van der Waals surface area contributed by atoms with Crippen molar-refractivity contribution in [2.45, 2.75) is 19.9 Å². The van der Waals surface area contributed by atoms with Crippen LogP contribution in [0.25, 0.3) is 0 Å². The number of hydrogen-bond acceptors (Lipinski definition) is 3. The van der Waals surface area contributed by atoms with E-state index in [1.54, 1.807) is 18.2 Å². The lowest BCUT2D eigenvalue weighted by atomic mass is 10.2. The van der Waals surface area contributed by atoms with Crippen LogP contribution in [0.5, 0.6) is 5.75 Å². The summed E-state index contributed by atoms with van der Waals surface area (Å²) in [5, 5.41) is 21.0. The van der Waals surface area contributed by atoms with E-state index in [1.807, 2.05) is 19.1 Å². The molecule has 0 atom stereocenters. The Morgan fingerprint density at radius 1 is 1.35 bits per heavy atom. The lowest BCUT2D eigenvalue weighted by Gasteiger charge is -2.03. The number of benzene rings is 1. The molecule has 3 N–H and O–H groups in total. The van der Waals surface area contributed by atoms with Crippen molar-refractivity contribution in [2.24, 2.45) is 0 Å². The van der Waals surface area contributed by atoms with Gasteiger partial charge in [0.25, 0.3) is 0 Å². The monoisotopic (exact) mass is 235 g/mol. The van der Waals surface area contributed by atoms with E-state index in [4.69, 9.17) is 10.2 Å². The van der Waals surface area contributed by atoms with Crippen LogP contribution in [0.15, 0.2) is 35.9 Å². The summed E-state index contributed by atoms with van der Waals surface area (Å²) < 4.78 is 0. The van der Waals surface area contributed by atoms with Crippen LogP contribution in [-0.4, -0.2) is 22.7 Å². The van der Waals surface area contributed by atoms with E-state index < -0.39 is 5.97 Å². The quantitative estimate of drug-likeness (QED) is 0.520. The maximum atomic E-state index is 10.7. The topological polar surface area (TPSA) is 69.6 Å². The highest BCUT2D eigenvalue weighted by molar-refractivity contribution is 5.86. The average Bonchev–Trinajstić information content (AvgIpc) is 2.31. The third-order valence-corrected chi connectivity index (χ3v) is 2.41. The fraction of sp³-hybridized carbons (Fsp3) is 0.308. The van der Waals surface area contributed by atoms with Crippen LogP contribution >= 0.6 is 0 Å². The van der Waals surface area contributed by atoms with Gasteiger partial charge in [0.2, 0.25) is 0 Å². The summed E-state index contributed by atoms with van der Waals surface area (Å²) in [5.41, 5.74) is 1.47. The second-order valence-electron chi connectivity index (χ2n) is 3.69. The SMILES string of the molecule is CC/C(=C/CNCc1ccc(O)cc1)C(=O)O. The number of aromatic hydroxyl groups is 1. The Morgan fingerprint density at radius 3 is 2.53 bits per heavy atom.